The van der Waals surface area contributed by atoms with Gasteiger partial charge in [0, 0.05) is 6.04 Å². The zero-order valence-corrected chi connectivity index (χ0v) is 10.4. The Morgan fingerprint density at radius 3 is 2.40 bits per heavy atom. The molecule has 0 aliphatic rings. The van der Waals surface area contributed by atoms with E-state index in [0.717, 1.165) is 19.3 Å². The molecule has 0 aromatic rings. The molecule has 0 aromatic heterocycles. The Kier molecular flexibility index (Phi) is 8.38. The molecule has 0 fully saturated rings. The third-order valence-corrected chi connectivity index (χ3v) is 2.57. The lowest BCUT2D eigenvalue weighted by Crippen LogP contribution is -2.44. The minimum atomic E-state index is -0.330. The Hall–Kier alpha value is -0.570. The van der Waals surface area contributed by atoms with Gasteiger partial charge in [0.1, 0.15) is 0 Å². The van der Waals surface area contributed by atoms with Crippen molar-refractivity contribution in [3.05, 3.63) is 0 Å². The van der Waals surface area contributed by atoms with Crippen molar-refractivity contribution in [2.45, 2.75) is 71.4 Å². The van der Waals surface area contributed by atoms with E-state index in [1.54, 1.807) is 0 Å². The van der Waals surface area contributed by atoms with E-state index < -0.39 is 0 Å². The van der Waals surface area contributed by atoms with Crippen molar-refractivity contribution in [1.29, 1.82) is 0 Å². The summed E-state index contributed by atoms with van der Waals surface area (Å²) in [6, 6.07) is -0.0735. The van der Waals surface area contributed by atoms with Gasteiger partial charge in [0.25, 0.3) is 0 Å². The number of nitrogens with one attached hydrogen (secondary N) is 1. The van der Waals surface area contributed by atoms with Crippen LogP contribution >= 0.6 is 0 Å². The average molecular weight is 214 g/mol. The number of rotatable bonds is 8. The molecule has 2 unspecified atom stereocenters. The van der Waals surface area contributed by atoms with Crippen molar-refractivity contribution >= 4 is 5.91 Å². The van der Waals surface area contributed by atoms with E-state index in [2.05, 4.69) is 12.2 Å². The highest BCUT2D eigenvalue weighted by atomic mass is 16.2. The fourth-order valence-electron chi connectivity index (χ4n) is 1.56. The molecule has 0 saturated heterocycles. The van der Waals surface area contributed by atoms with Crippen molar-refractivity contribution in [2.75, 3.05) is 0 Å². The molecule has 0 bridgehead atoms. The summed E-state index contributed by atoms with van der Waals surface area (Å²) in [5.41, 5.74) is 5.72. The first-order valence-electron chi connectivity index (χ1n) is 6.17. The summed E-state index contributed by atoms with van der Waals surface area (Å²) in [6.07, 6.45) is 6.42. The van der Waals surface area contributed by atoms with Gasteiger partial charge in [-0.25, -0.2) is 0 Å². The summed E-state index contributed by atoms with van der Waals surface area (Å²) in [7, 11) is 0. The van der Waals surface area contributed by atoms with Gasteiger partial charge in [0.05, 0.1) is 6.04 Å². The maximum absolute atomic E-state index is 11.5. The van der Waals surface area contributed by atoms with Gasteiger partial charge in [-0.15, -0.1) is 0 Å². The van der Waals surface area contributed by atoms with Gasteiger partial charge in [-0.05, 0) is 19.8 Å². The first-order valence-corrected chi connectivity index (χ1v) is 6.17. The third kappa shape index (κ3) is 7.37. The maximum atomic E-state index is 11.5. The number of amides is 1. The van der Waals surface area contributed by atoms with Crippen LogP contribution in [0.4, 0.5) is 0 Å². The lowest BCUT2D eigenvalue weighted by molar-refractivity contribution is -0.123. The van der Waals surface area contributed by atoms with Crippen LogP contribution in [0.3, 0.4) is 0 Å². The first-order chi connectivity index (χ1) is 7.11. The van der Waals surface area contributed by atoms with Gasteiger partial charge in [-0.2, -0.15) is 0 Å². The topological polar surface area (TPSA) is 55.1 Å². The normalized spacial score (nSPS) is 14.7. The van der Waals surface area contributed by atoms with Gasteiger partial charge in [-0.3, -0.25) is 4.79 Å². The molecule has 0 aromatic carbocycles. The fourth-order valence-corrected chi connectivity index (χ4v) is 1.56. The van der Waals surface area contributed by atoms with Gasteiger partial charge in [0.15, 0.2) is 0 Å². The van der Waals surface area contributed by atoms with Crippen LogP contribution < -0.4 is 11.1 Å². The van der Waals surface area contributed by atoms with Crippen LogP contribution in [-0.2, 0) is 4.79 Å². The molecular weight excluding hydrogens is 188 g/mol. The Labute approximate surface area is 93.8 Å². The van der Waals surface area contributed by atoms with E-state index in [0.29, 0.717) is 0 Å². The van der Waals surface area contributed by atoms with Crippen molar-refractivity contribution in [1.82, 2.24) is 5.32 Å². The Morgan fingerprint density at radius 2 is 1.87 bits per heavy atom. The number of hydrogen-bond donors (Lipinski definition) is 2. The lowest BCUT2D eigenvalue weighted by Gasteiger charge is -2.17. The summed E-state index contributed by atoms with van der Waals surface area (Å²) in [6.45, 7) is 6.27. The molecule has 1 amide bonds. The summed E-state index contributed by atoms with van der Waals surface area (Å²) in [4.78, 5) is 11.5. The van der Waals surface area contributed by atoms with Crippen LogP contribution in [0.5, 0.6) is 0 Å². The summed E-state index contributed by atoms with van der Waals surface area (Å²) >= 11 is 0. The standard InChI is InChI=1S/C12H26N2O/c1-4-6-7-9-10(3)14-12(15)11(13)8-5-2/h10-11H,4-9,13H2,1-3H3,(H,14,15). The van der Waals surface area contributed by atoms with E-state index in [-0.39, 0.29) is 18.0 Å². The number of hydrogen-bond acceptors (Lipinski definition) is 2. The second-order valence-electron chi connectivity index (χ2n) is 4.30. The average Bonchev–Trinajstić information content (AvgIpc) is 2.18. The van der Waals surface area contributed by atoms with E-state index >= 15 is 0 Å². The highest BCUT2D eigenvalue weighted by Crippen LogP contribution is 2.03. The highest BCUT2D eigenvalue weighted by molar-refractivity contribution is 5.81. The SMILES string of the molecule is CCCCCC(C)NC(=O)C(N)CCC. The minimum absolute atomic E-state index is 0.000786. The quantitative estimate of drug-likeness (QED) is 0.609. The van der Waals surface area contributed by atoms with Crippen molar-refractivity contribution in [3.63, 3.8) is 0 Å². The fraction of sp³-hybridized carbons (Fsp3) is 0.917. The van der Waals surface area contributed by atoms with Crippen LogP contribution in [0.2, 0.25) is 0 Å². The molecule has 0 saturated carbocycles. The number of carbonyl (C=O) groups excluding carboxylic acids is 1. The van der Waals surface area contributed by atoms with E-state index in [1.165, 1.54) is 19.3 Å². The third-order valence-electron chi connectivity index (χ3n) is 2.57. The van der Waals surface area contributed by atoms with E-state index in [4.69, 9.17) is 5.73 Å². The second-order valence-corrected chi connectivity index (χ2v) is 4.30. The number of carbonyl (C=O) groups is 1. The molecule has 0 aliphatic heterocycles. The predicted octanol–water partition coefficient (Wildman–Crippen LogP) is 2.20. The van der Waals surface area contributed by atoms with Crippen molar-refractivity contribution in [3.8, 4) is 0 Å². The molecule has 90 valence electrons. The van der Waals surface area contributed by atoms with E-state index in [9.17, 15) is 4.79 Å². The largest absolute Gasteiger partial charge is 0.352 e. The zero-order chi connectivity index (χ0) is 11.7. The molecule has 15 heavy (non-hydrogen) atoms. The van der Waals surface area contributed by atoms with Crippen LogP contribution in [-0.4, -0.2) is 18.0 Å². The molecule has 0 radical (unpaired) electrons. The highest BCUT2D eigenvalue weighted by Gasteiger charge is 2.14. The molecular formula is C12H26N2O. The van der Waals surface area contributed by atoms with Crippen LogP contribution in [0.15, 0.2) is 0 Å². The Balaban J connectivity index is 3.65. The summed E-state index contributed by atoms with van der Waals surface area (Å²) in [5.74, 6) is 0.000786. The Morgan fingerprint density at radius 1 is 1.20 bits per heavy atom. The predicted molar refractivity (Wildman–Crippen MR) is 64.6 cm³/mol. The molecule has 0 aliphatic carbocycles. The van der Waals surface area contributed by atoms with Crippen LogP contribution in [0.1, 0.15) is 59.3 Å². The van der Waals surface area contributed by atoms with Gasteiger partial charge >= 0.3 is 0 Å². The smallest absolute Gasteiger partial charge is 0.237 e. The zero-order valence-electron chi connectivity index (χ0n) is 10.4. The van der Waals surface area contributed by atoms with Crippen LogP contribution in [0.25, 0.3) is 0 Å². The number of unbranched alkanes of at least 4 members (excludes halogenated alkanes) is 2. The van der Waals surface area contributed by atoms with E-state index in [1.807, 2.05) is 13.8 Å². The minimum Gasteiger partial charge on any atom is -0.352 e. The number of nitrogens with two attached hydrogens (primary N) is 1. The monoisotopic (exact) mass is 214 g/mol. The molecule has 3 N–H and O–H groups in total. The second kappa shape index (κ2) is 8.72. The molecule has 3 heteroatoms. The summed E-state index contributed by atoms with van der Waals surface area (Å²) < 4.78 is 0. The first kappa shape index (κ1) is 14.4. The molecule has 0 heterocycles. The molecule has 3 nitrogen and oxygen atoms in total. The lowest BCUT2D eigenvalue weighted by atomic mass is 10.1. The molecule has 0 rings (SSSR count). The maximum Gasteiger partial charge on any atom is 0.237 e. The van der Waals surface area contributed by atoms with Gasteiger partial charge < -0.3 is 11.1 Å². The van der Waals surface area contributed by atoms with Gasteiger partial charge in [-0.1, -0.05) is 39.5 Å². The van der Waals surface area contributed by atoms with Crippen molar-refractivity contribution < 1.29 is 4.79 Å². The van der Waals surface area contributed by atoms with Crippen molar-refractivity contribution in [2.24, 2.45) is 5.73 Å². The Bertz CT molecular complexity index is 171. The molecule has 2 atom stereocenters. The summed E-state index contributed by atoms with van der Waals surface area (Å²) in [5, 5.41) is 2.96. The van der Waals surface area contributed by atoms with Gasteiger partial charge in [0.2, 0.25) is 5.91 Å². The van der Waals surface area contributed by atoms with Crippen LogP contribution in [0, 0.1) is 0 Å². The molecule has 0 spiro atoms.